The molecule has 2 rings (SSSR count). The van der Waals surface area contributed by atoms with E-state index in [1.165, 1.54) is 0 Å². The van der Waals surface area contributed by atoms with E-state index in [0.29, 0.717) is 38.5 Å². The van der Waals surface area contributed by atoms with Crippen molar-refractivity contribution < 1.29 is 24.2 Å². The van der Waals surface area contributed by atoms with Crippen LogP contribution in [0.2, 0.25) is 0 Å². The first-order valence-electron chi connectivity index (χ1n) is 11.8. The van der Waals surface area contributed by atoms with Gasteiger partial charge in [0.05, 0.1) is 6.54 Å². The number of nitrogens with zero attached hydrogens (tertiary/aromatic N) is 1. The van der Waals surface area contributed by atoms with Crippen molar-refractivity contribution in [3.8, 4) is 5.75 Å². The van der Waals surface area contributed by atoms with Gasteiger partial charge >= 0.3 is 12.0 Å². The van der Waals surface area contributed by atoms with Crippen LogP contribution in [-0.4, -0.2) is 65.9 Å². The maximum absolute atomic E-state index is 12.8. The number of anilines is 1. The van der Waals surface area contributed by atoms with Gasteiger partial charge in [-0.05, 0) is 61.1 Å². The number of thioether (sulfide) groups is 1. The molecule has 0 aliphatic rings. The van der Waals surface area contributed by atoms with Crippen molar-refractivity contribution in [2.45, 2.75) is 39.2 Å². The molecule has 2 aromatic carbocycles. The molecule has 0 radical (unpaired) electrons. The van der Waals surface area contributed by atoms with Crippen LogP contribution in [0.1, 0.15) is 32.3 Å². The molecule has 186 valence electrons. The van der Waals surface area contributed by atoms with Crippen molar-refractivity contribution in [3.05, 3.63) is 60.2 Å². The fourth-order valence-electron chi connectivity index (χ4n) is 3.27. The second-order valence-electron chi connectivity index (χ2n) is 7.73. The summed E-state index contributed by atoms with van der Waals surface area (Å²) in [4.78, 5) is 25.9. The molecule has 2 amide bonds. The summed E-state index contributed by atoms with van der Waals surface area (Å²) in [5.41, 5.74) is 1.63. The first-order chi connectivity index (χ1) is 16.5. The third-order valence-electron chi connectivity index (χ3n) is 5.00. The Morgan fingerprint density at radius 2 is 1.76 bits per heavy atom. The van der Waals surface area contributed by atoms with Crippen molar-refractivity contribution in [3.63, 3.8) is 0 Å². The Kier molecular flexibility index (Phi) is 13.0. The maximum atomic E-state index is 12.8. The van der Waals surface area contributed by atoms with Gasteiger partial charge in [-0.25, -0.2) is 9.59 Å². The Morgan fingerprint density at radius 1 is 1.03 bits per heavy atom. The fourth-order valence-corrected chi connectivity index (χ4v) is 4.10. The number of aliphatic carboxylic acids is 1. The number of para-hydroxylation sites is 1. The second kappa shape index (κ2) is 16.0. The summed E-state index contributed by atoms with van der Waals surface area (Å²) in [6, 6.07) is 16.6. The molecule has 2 N–H and O–H groups in total. The normalized spacial score (nSPS) is 11.6. The zero-order chi connectivity index (χ0) is 24.6. The Morgan fingerprint density at radius 3 is 2.41 bits per heavy atom. The average Bonchev–Trinajstić information content (AvgIpc) is 2.84. The zero-order valence-electron chi connectivity index (χ0n) is 20.1. The molecule has 34 heavy (non-hydrogen) atoms. The molecule has 0 bridgehead atoms. The molecule has 0 aromatic heterocycles. The van der Waals surface area contributed by atoms with Gasteiger partial charge in [-0.15, -0.1) is 0 Å². The smallest absolute Gasteiger partial charge is 0.333 e. The average molecular weight is 489 g/mol. The van der Waals surface area contributed by atoms with Crippen LogP contribution in [-0.2, 0) is 16.0 Å². The Balaban J connectivity index is 1.87. The van der Waals surface area contributed by atoms with E-state index in [2.05, 4.69) is 12.2 Å². The molecular weight excluding hydrogens is 452 g/mol. The number of carboxylic acids is 1. The van der Waals surface area contributed by atoms with Crippen LogP contribution >= 0.6 is 11.8 Å². The van der Waals surface area contributed by atoms with E-state index in [9.17, 15) is 14.7 Å². The Labute approximate surface area is 206 Å². The summed E-state index contributed by atoms with van der Waals surface area (Å²) in [5.74, 6) is 1.86. The number of carbonyl (C=O) groups is 2. The number of benzene rings is 2. The lowest BCUT2D eigenvalue weighted by Gasteiger charge is -2.23. The van der Waals surface area contributed by atoms with Gasteiger partial charge in [-0.1, -0.05) is 37.3 Å². The minimum Gasteiger partial charge on any atom is -0.492 e. The Hall–Kier alpha value is -2.71. The molecule has 8 heteroatoms. The summed E-state index contributed by atoms with van der Waals surface area (Å²) in [7, 11) is 0. The number of rotatable bonds is 16. The van der Waals surface area contributed by atoms with Gasteiger partial charge < -0.3 is 24.8 Å². The quantitative estimate of drug-likeness (QED) is 0.317. The molecule has 0 fully saturated rings. The van der Waals surface area contributed by atoms with E-state index in [1.54, 1.807) is 11.8 Å². The number of amides is 2. The van der Waals surface area contributed by atoms with Gasteiger partial charge in [0.1, 0.15) is 12.4 Å². The number of ether oxygens (including phenoxy) is 2. The van der Waals surface area contributed by atoms with E-state index in [-0.39, 0.29) is 6.03 Å². The molecule has 0 saturated carbocycles. The van der Waals surface area contributed by atoms with Crippen LogP contribution in [0.3, 0.4) is 0 Å². The van der Waals surface area contributed by atoms with Crippen LogP contribution in [0.4, 0.5) is 10.5 Å². The highest BCUT2D eigenvalue weighted by atomic mass is 32.2. The second-order valence-corrected chi connectivity index (χ2v) is 8.95. The molecular formula is C26H36N2O5S. The SMILES string of the molecule is CCCSCCCN(CCOc1ccc(CC(OCC)C(=O)O)cc1)C(=O)Nc1ccccc1. The summed E-state index contributed by atoms with van der Waals surface area (Å²) in [6.07, 6.45) is 1.51. The lowest BCUT2D eigenvalue weighted by Crippen LogP contribution is -2.38. The monoisotopic (exact) mass is 488 g/mol. The van der Waals surface area contributed by atoms with Crippen LogP contribution in [0.15, 0.2) is 54.6 Å². The highest BCUT2D eigenvalue weighted by Gasteiger charge is 2.18. The van der Waals surface area contributed by atoms with Crippen LogP contribution in [0.25, 0.3) is 0 Å². The largest absolute Gasteiger partial charge is 0.492 e. The minimum atomic E-state index is -0.968. The van der Waals surface area contributed by atoms with Gasteiger partial charge in [-0.2, -0.15) is 11.8 Å². The molecule has 0 saturated heterocycles. The van der Waals surface area contributed by atoms with E-state index in [1.807, 2.05) is 66.4 Å². The molecule has 0 spiro atoms. The van der Waals surface area contributed by atoms with Gasteiger partial charge in [0.15, 0.2) is 6.10 Å². The van der Waals surface area contributed by atoms with Crippen molar-refractivity contribution in [1.82, 2.24) is 4.90 Å². The highest BCUT2D eigenvalue weighted by Crippen LogP contribution is 2.15. The van der Waals surface area contributed by atoms with Crippen LogP contribution < -0.4 is 10.1 Å². The molecule has 2 aromatic rings. The van der Waals surface area contributed by atoms with Crippen LogP contribution in [0.5, 0.6) is 5.75 Å². The molecule has 1 unspecified atom stereocenters. The van der Waals surface area contributed by atoms with Crippen molar-refractivity contribution in [1.29, 1.82) is 0 Å². The maximum Gasteiger partial charge on any atom is 0.333 e. The summed E-state index contributed by atoms with van der Waals surface area (Å²) < 4.78 is 11.1. The zero-order valence-corrected chi connectivity index (χ0v) is 20.9. The van der Waals surface area contributed by atoms with Gasteiger partial charge in [-0.3, -0.25) is 0 Å². The molecule has 0 heterocycles. The molecule has 1 atom stereocenters. The summed E-state index contributed by atoms with van der Waals surface area (Å²) in [5, 5.41) is 12.2. The summed E-state index contributed by atoms with van der Waals surface area (Å²) >= 11 is 1.91. The number of hydrogen-bond donors (Lipinski definition) is 2. The van der Waals surface area contributed by atoms with E-state index >= 15 is 0 Å². The highest BCUT2D eigenvalue weighted by molar-refractivity contribution is 7.99. The van der Waals surface area contributed by atoms with E-state index in [0.717, 1.165) is 35.6 Å². The molecule has 7 nitrogen and oxygen atoms in total. The molecule has 0 aliphatic carbocycles. The number of carbonyl (C=O) groups excluding carboxylic acids is 1. The standard InChI is InChI=1S/C26H36N2O5S/c1-3-18-34-19-8-15-28(26(31)27-22-9-6-5-7-10-22)16-17-33-23-13-11-21(12-14-23)20-24(25(29)30)32-4-2/h5-7,9-14,24H,3-4,8,15-20H2,1-2H3,(H,27,31)(H,29,30). The third-order valence-corrected chi connectivity index (χ3v) is 6.27. The lowest BCUT2D eigenvalue weighted by atomic mass is 10.1. The summed E-state index contributed by atoms with van der Waals surface area (Å²) in [6.45, 7) is 5.78. The van der Waals surface area contributed by atoms with Crippen molar-refractivity contribution >= 4 is 29.4 Å². The number of nitrogens with one attached hydrogen (secondary N) is 1. The third kappa shape index (κ3) is 10.5. The minimum absolute atomic E-state index is 0.138. The van der Waals surface area contributed by atoms with Gasteiger partial charge in [0.25, 0.3) is 0 Å². The topological polar surface area (TPSA) is 88.1 Å². The van der Waals surface area contributed by atoms with E-state index < -0.39 is 12.1 Å². The lowest BCUT2D eigenvalue weighted by molar-refractivity contribution is -0.149. The van der Waals surface area contributed by atoms with Gasteiger partial charge in [0, 0.05) is 25.3 Å². The van der Waals surface area contributed by atoms with Crippen molar-refractivity contribution in [2.24, 2.45) is 0 Å². The first-order valence-corrected chi connectivity index (χ1v) is 12.9. The van der Waals surface area contributed by atoms with E-state index in [4.69, 9.17) is 9.47 Å². The number of hydrogen-bond acceptors (Lipinski definition) is 5. The first kappa shape index (κ1) is 27.5. The van der Waals surface area contributed by atoms with Crippen LogP contribution in [0, 0.1) is 0 Å². The predicted octanol–water partition coefficient (Wildman–Crippen LogP) is 5.17. The van der Waals surface area contributed by atoms with Gasteiger partial charge in [0.2, 0.25) is 0 Å². The predicted molar refractivity (Wildman–Crippen MR) is 138 cm³/mol. The number of urea groups is 1. The Bertz CT molecular complexity index is 848. The van der Waals surface area contributed by atoms with Crippen molar-refractivity contribution in [2.75, 3.05) is 43.1 Å². The fraction of sp³-hybridized carbons (Fsp3) is 0.462. The molecule has 0 aliphatic heterocycles. The number of carboxylic acid groups (broad SMARTS) is 1.